The third-order valence-electron chi connectivity index (χ3n) is 9.37. The van der Waals surface area contributed by atoms with Crippen LogP contribution < -0.4 is 0 Å². The van der Waals surface area contributed by atoms with Gasteiger partial charge in [-0.25, -0.2) is 0 Å². The molecule has 7 aromatic carbocycles. The van der Waals surface area contributed by atoms with Gasteiger partial charge in [0.25, 0.3) is 0 Å². The number of imidazole rings is 1. The first-order valence-corrected chi connectivity index (χ1v) is 17.0. The zero-order chi connectivity index (χ0) is 34.1. The van der Waals surface area contributed by atoms with Gasteiger partial charge in [-0.3, -0.25) is 9.97 Å². The maximum absolute atomic E-state index is 6.16. The second-order valence-corrected chi connectivity index (χ2v) is 12.6. The van der Waals surface area contributed by atoms with Crippen molar-refractivity contribution in [3.05, 3.63) is 182 Å². The van der Waals surface area contributed by atoms with Crippen molar-refractivity contribution < 1.29 is 24.5 Å². The Kier molecular flexibility index (Phi) is 9.05. The molecule has 0 aliphatic carbocycles. The summed E-state index contributed by atoms with van der Waals surface area (Å²) in [4.78, 5) is 9.35. The molecule has 1 radical (unpaired) electrons. The number of benzene rings is 7. The van der Waals surface area contributed by atoms with E-state index >= 15 is 0 Å². The van der Waals surface area contributed by atoms with E-state index in [0.29, 0.717) is 0 Å². The molecule has 5 heteroatoms. The van der Waals surface area contributed by atoms with E-state index in [-0.39, 0.29) is 20.1 Å². The number of aromatic nitrogens is 3. The number of hydrogen-bond acceptors (Lipinski definition) is 3. The van der Waals surface area contributed by atoms with Gasteiger partial charge in [0.2, 0.25) is 0 Å². The standard InChI is InChI=1S/C25H14NO.C22H17N2.Ir/c1-2-7-18-14-25-21(13-17(18)6-1)20-11-9-19(15-24(20)27-25)23-12-10-16-5-3-4-8-22(16)26-23;1-24-21(16-23-22(24)20-10-6-3-7-11-20)19-14-12-18(13-15-19)17-8-4-2-5-9-17;/h1-8,10-15H;2-10,12-16H,1H3;/q2*-1;. The normalized spacial score (nSPS) is 11.0. The van der Waals surface area contributed by atoms with E-state index < -0.39 is 0 Å². The summed E-state index contributed by atoms with van der Waals surface area (Å²) in [5.41, 5.74) is 10.3. The summed E-state index contributed by atoms with van der Waals surface area (Å²) in [6.45, 7) is 0. The summed E-state index contributed by atoms with van der Waals surface area (Å²) >= 11 is 0. The van der Waals surface area contributed by atoms with Gasteiger partial charge in [-0.2, -0.15) is 0 Å². The molecule has 3 aromatic heterocycles. The molecule has 0 aliphatic rings. The molecule has 0 saturated heterocycles. The van der Waals surface area contributed by atoms with Gasteiger partial charge in [-0.1, -0.05) is 127 Å². The number of fused-ring (bicyclic) bond motifs is 5. The first-order chi connectivity index (χ1) is 25.2. The second-order valence-electron chi connectivity index (χ2n) is 12.6. The Morgan fingerprint density at radius 1 is 0.558 bits per heavy atom. The predicted molar refractivity (Wildman–Crippen MR) is 209 cm³/mol. The van der Waals surface area contributed by atoms with Crippen LogP contribution in [0.3, 0.4) is 0 Å². The minimum absolute atomic E-state index is 0. The Bertz CT molecular complexity index is 2800. The molecule has 0 unspecified atom stereocenters. The van der Waals surface area contributed by atoms with Crippen molar-refractivity contribution in [2.45, 2.75) is 0 Å². The van der Waals surface area contributed by atoms with E-state index in [1.807, 2.05) is 86.0 Å². The summed E-state index contributed by atoms with van der Waals surface area (Å²) in [6, 6.07) is 62.6. The number of furan rings is 1. The van der Waals surface area contributed by atoms with Gasteiger partial charge in [0, 0.05) is 33.3 Å². The number of para-hydroxylation sites is 1. The van der Waals surface area contributed by atoms with Crippen LogP contribution in [0.15, 0.2) is 174 Å². The molecule has 0 bridgehead atoms. The topological polar surface area (TPSA) is 43.9 Å². The van der Waals surface area contributed by atoms with Crippen LogP contribution in [0.2, 0.25) is 0 Å². The molecule has 3 heterocycles. The molecule has 0 fully saturated rings. The molecule has 4 nitrogen and oxygen atoms in total. The zero-order valence-electron chi connectivity index (χ0n) is 28.2. The van der Waals surface area contributed by atoms with Gasteiger partial charge in [-0.05, 0) is 56.1 Å². The zero-order valence-corrected chi connectivity index (χ0v) is 30.6. The van der Waals surface area contributed by atoms with Crippen molar-refractivity contribution in [1.29, 1.82) is 0 Å². The van der Waals surface area contributed by atoms with Gasteiger partial charge >= 0.3 is 0 Å². The second kappa shape index (κ2) is 14.2. The maximum atomic E-state index is 6.16. The predicted octanol–water partition coefficient (Wildman–Crippen LogP) is 12.0. The van der Waals surface area contributed by atoms with Crippen molar-refractivity contribution in [3.63, 3.8) is 0 Å². The summed E-state index contributed by atoms with van der Waals surface area (Å²) in [6.07, 6.45) is 1.92. The molecule has 0 amide bonds. The number of nitrogens with zero attached hydrogens (tertiary/aromatic N) is 3. The quantitative estimate of drug-likeness (QED) is 0.166. The van der Waals surface area contributed by atoms with E-state index in [1.165, 1.54) is 21.9 Å². The summed E-state index contributed by atoms with van der Waals surface area (Å²) in [5.74, 6) is 0.928. The fraction of sp³-hybridized carbons (Fsp3) is 0.0213. The van der Waals surface area contributed by atoms with Crippen LogP contribution in [-0.4, -0.2) is 14.5 Å². The van der Waals surface area contributed by atoms with Crippen molar-refractivity contribution in [2.24, 2.45) is 7.05 Å². The van der Waals surface area contributed by atoms with Crippen LogP contribution in [0, 0.1) is 12.1 Å². The molecule has 0 spiro atoms. The van der Waals surface area contributed by atoms with Crippen LogP contribution in [0.5, 0.6) is 0 Å². The van der Waals surface area contributed by atoms with Crippen LogP contribution in [-0.2, 0) is 27.2 Å². The van der Waals surface area contributed by atoms with Gasteiger partial charge in [0.05, 0.1) is 22.6 Å². The summed E-state index contributed by atoms with van der Waals surface area (Å²) < 4.78 is 8.28. The van der Waals surface area contributed by atoms with Gasteiger partial charge < -0.3 is 8.98 Å². The Hall–Kier alpha value is -6.13. The molecular formula is C47H31IrN3O-2. The van der Waals surface area contributed by atoms with Gasteiger partial charge in [-0.15, -0.1) is 53.6 Å². The van der Waals surface area contributed by atoms with E-state index in [0.717, 1.165) is 66.7 Å². The third-order valence-corrected chi connectivity index (χ3v) is 9.37. The SMILES string of the molecule is Cn1c(-c2ccc(-c3ccccc3)cc2)cnc1-c1[c-]cccc1.[Ir].[c-]1cc2c(cc1-c1ccc3ccccc3n1)oc1cc3ccccc3cc12. The van der Waals surface area contributed by atoms with Crippen LogP contribution >= 0.6 is 0 Å². The van der Waals surface area contributed by atoms with E-state index in [1.54, 1.807) is 0 Å². The number of rotatable bonds is 4. The minimum Gasteiger partial charge on any atom is -0.476 e. The molecule has 10 rings (SSSR count). The van der Waals surface area contributed by atoms with E-state index in [2.05, 4.69) is 113 Å². The fourth-order valence-electron chi connectivity index (χ4n) is 6.69. The summed E-state index contributed by atoms with van der Waals surface area (Å²) in [7, 11) is 2.05. The molecular weight excluding hydrogens is 815 g/mol. The van der Waals surface area contributed by atoms with Gasteiger partial charge in [0.15, 0.2) is 0 Å². The maximum Gasteiger partial charge on any atom is 0.124 e. The molecule has 0 saturated carbocycles. The van der Waals surface area contributed by atoms with Crippen molar-refractivity contribution >= 4 is 43.6 Å². The Morgan fingerprint density at radius 2 is 1.23 bits per heavy atom. The van der Waals surface area contributed by atoms with Crippen molar-refractivity contribution in [2.75, 3.05) is 0 Å². The van der Waals surface area contributed by atoms with Crippen molar-refractivity contribution in [1.82, 2.24) is 14.5 Å². The molecule has 52 heavy (non-hydrogen) atoms. The molecule has 10 aromatic rings. The van der Waals surface area contributed by atoms with Crippen molar-refractivity contribution in [3.8, 4) is 45.0 Å². The Balaban J connectivity index is 0.000000147. The first kappa shape index (κ1) is 33.0. The van der Waals surface area contributed by atoms with Gasteiger partial charge in [0.1, 0.15) is 5.58 Å². The molecule has 0 atom stereocenters. The van der Waals surface area contributed by atoms with E-state index in [4.69, 9.17) is 9.40 Å². The summed E-state index contributed by atoms with van der Waals surface area (Å²) in [5, 5.41) is 5.74. The average molecular weight is 846 g/mol. The average Bonchev–Trinajstić information content (AvgIpc) is 3.76. The number of pyridine rings is 1. The smallest absolute Gasteiger partial charge is 0.124 e. The minimum atomic E-state index is 0. The Labute approximate surface area is 315 Å². The van der Waals surface area contributed by atoms with Crippen LogP contribution in [0.4, 0.5) is 0 Å². The molecule has 251 valence electrons. The Morgan fingerprint density at radius 3 is 2.02 bits per heavy atom. The first-order valence-electron chi connectivity index (χ1n) is 17.0. The number of hydrogen-bond donors (Lipinski definition) is 0. The third kappa shape index (κ3) is 6.33. The van der Waals surface area contributed by atoms with Crippen LogP contribution in [0.25, 0.3) is 88.6 Å². The monoisotopic (exact) mass is 846 g/mol. The molecule has 0 aliphatic heterocycles. The fourth-order valence-corrected chi connectivity index (χ4v) is 6.69. The van der Waals surface area contributed by atoms with Crippen LogP contribution in [0.1, 0.15) is 0 Å². The van der Waals surface area contributed by atoms with E-state index in [9.17, 15) is 0 Å². The molecule has 0 N–H and O–H groups in total. The largest absolute Gasteiger partial charge is 0.476 e.